The molecule has 0 unspecified atom stereocenters. The van der Waals surface area contributed by atoms with Crippen molar-refractivity contribution in [1.82, 2.24) is 10.6 Å². The lowest BCUT2D eigenvalue weighted by Crippen LogP contribution is -2.29. The van der Waals surface area contributed by atoms with Crippen molar-refractivity contribution in [3.8, 4) is 0 Å². The van der Waals surface area contributed by atoms with Gasteiger partial charge in [0.1, 0.15) is 0 Å². The Labute approximate surface area is 115 Å². The Bertz CT molecular complexity index is 334. The third-order valence-electron chi connectivity index (χ3n) is 3.38. The summed E-state index contributed by atoms with van der Waals surface area (Å²) < 4.78 is 0. The Hall–Kier alpha value is -0.380. The lowest BCUT2D eigenvalue weighted by atomic mass is 9.99. The van der Waals surface area contributed by atoms with Gasteiger partial charge < -0.3 is 10.6 Å². The largest absolute Gasteiger partial charge is 0.315 e. The maximum atomic E-state index is 3.53. The van der Waals surface area contributed by atoms with Crippen LogP contribution >= 0.6 is 11.3 Å². The summed E-state index contributed by atoms with van der Waals surface area (Å²) in [6, 6.07) is 2.42. The van der Waals surface area contributed by atoms with E-state index in [-0.39, 0.29) is 0 Å². The predicted octanol–water partition coefficient (Wildman–Crippen LogP) is 2.96. The third-order valence-corrected chi connectivity index (χ3v) is 4.62. The first-order valence-electron chi connectivity index (χ1n) is 7.27. The number of rotatable bonds is 7. The Balaban J connectivity index is 1.63. The van der Waals surface area contributed by atoms with Crippen LogP contribution < -0.4 is 10.6 Å². The molecule has 0 fully saturated rings. The van der Waals surface area contributed by atoms with Crippen molar-refractivity contribution in [1.29, 1.82) is 0 Å². The quantitative estimate of drug-likeness (QED) is 0.742. The van der Waals surface area contributed by atoms with Gasteiger partial charge in [-0.15, -0.1) is 11.3 Å². The standard InChI is InChI=1S/C15H26N2S/c1-12(2)10-16-7-8-17-11-14-9-13-5-3-4-6-15(13)18-14/h9,12,16-17H,3-8,10-11H2,1-2H3. The van der Waals surface area contributed by atoms with Gasteiger partial charge in [-0.1, -0.05) is 13.8 Å². The molecule has 1 aliphatic rings. The number of nitrogens with one attached hydrogen (secondary N) is 2. The molecule has 2 rings (SSSR count). The average Bonchev–Trinajstić information content (AvgIpc) is 2.75. The number of fused-ring (bicyclic) bond motifs is 1. The van der Waals surface area contributed by atoms with Crippen molar-refractivity contribution in [2.45, 2.75) is 46.1 Å². The lowest BCUT2D eigenvalue weighted by molar-refractivity contribution is 0.536. The Morgan fingerprint density at radius 1 is 1.17 bits per heavy atom. The number of hydrogen-bond donors (Lipinski definition) is 2. The zero-order chi connectivity index (χ0) is 12.8. The highest BCUT2D eigenvalue weighted by molar-refractivity contribution is 7.12. The first-order chi connectivity index (χ1) is 8.75. The summed E-state index contributed by atoms with van der Waals surface area (Å²) in [5.74, 6) is 0.744. The molecule has 0 saturated heterocycles. The fourth-order valence-corrected chi connectivity index (χ4v) is 3.65. The second-order valence-corrected chi connectivity index (χ2v) is 6.86. The first kappa shape index (κ1) is 14.0. The highest BCUT2D eigenvalue weighted by Crippen LogP contribution is 2.29. The van der Waals surface area contributed by atoms with E-state index in [2.05, 4.69) is 30.5 Å². The molecule has 0 atom stereocenters. The Kier molecular flexibility index (Phi) is 5.67. The van der Waals surface area contributed by atoms with E-state index in [0.29, 0.717) is 0 Å². The van der Waals surface area contributed by atoms with Crippen LogP contribution in [0.3, 0.4) is 0 Å². The van der Waals surface area contributed by atoms with Crippen LogP contribution in [0.5, 0.6) is 0 Å². The second kappa shape index (κ2) is 7.27. The van der Waals surface area contributed by atoms with Gasteiger partial charge in [0.15, 0.2) is 0 Å². The van der Waals surface area contributed by atoms with Gasteiger partial charge in [0.05, 0.1) is 0 Å². The van der Waals surface area contributed by atoms with Gasteiger partial charge in [0.25, 0.3) is 0 Å². The monoisotopic (exact) mass is 266 g/mol. The highest BCUT2D eigenvalue weighted by Gasteiger charge is 2.12. The molecule has 1 heterocycles. The van der Waals surface area contributed by atoms with E-state index < -0.39 is 0 Å². The minimum Gasteiger partial charge on any atom is -0.315 e. The van der Waals surface area contributed by atoms with Crippen molar-refractivity contribution in [3.63, 3.8) is 0 Å². The van der Waals surface area contributed by atoms with Crippen LogP contribution in [-0.4, -0.2) is 19.6 Å². The molecule has 0 aliphatic heterocycles. The predicted molar refractivity (Wildman–Crippen MR) is 80.4 cm³/mol. The van der Waals surface area contributed by atoms with E-state index >= 15 is 0 Å². The van der Waals surface area contributed by atoms with Gasteiger partial charge in [0, 0.05) is 29.4 Å². The molecule has 2 N–H and O–H groups in total. The van der Waals surface area contributed by atoms with Crippen LogP contribution in [0.2, 0.25) is 0 Å². The van der Waals surface area contributed by atoms with Gasteiger partial charge in [-0.25, -0.2) is 0 Å². The fraction of sp³-hybridized carbons (Fsp3) is 0.733. The normalized spacial score (nSPS) is 15.1. The van der Waals surface area contributed by atoms with Crippen molar-refractivity contribution in [2.24, 2.45) is 5.92 Å². The van der Waals surface area contributed by atoms with Crippen LogP contribution in [0, 0.1) is 5.92 Å². The number of thiophene rings is 1. The summed E-state index contributed by atoms with van der Waals surface area (Å²) in [5, 5.41) is 6.99. The van der Waals surface area contributed by atoms with Gasteiger partial charge in [-0.05, 0) is 49.8 Å². The summed E-state index contributed by atoms with van der Waals surface area (Å²) in [6.45, 7) is 8.79. The molecule has 18 heavy (non-hydrogen) atoms. The Morgan fingerprint density at radius 3 is 2.72 bits per heavy atom. The van der Waals surface area contributed by atoms with E-state index in [1.807, 2.05) is 11.3 Å². The molecule has 0 amide bonds. The molecular formula is C15H26N2S. The molecule has 0 radical (unpaired) electrons. The zero-order valence-corrected chi connectivity index (χ0v) is 12.5. The average molecular weight is 266 g/mol. The molecule has 3 heteroatoms. The van der Waals surface area contributed by atoms with E-state index in [1.54, 1.807) is 10.4 Å². The van der Waals surface area contributed by atoms with Crippen LogP contribution in [0.1, 0.15) is 42.0 Å². The molecule has 0 saturated carbocycles. The van der Waals surface area contributed by atoms with Gasteiger partial charge in [-0.2, -0.15) is 0 Å². The summed E-state index contributed by atoms with van der Waals surface area (Å²) >= 11 is 2.02. The van der Waals surface area contributed by atoms with Crippen molar-refractivity contribution in [2.75, 3.05) is 19.6 Å². The van der Waals surface area contributed by atoms with Gasteiger partial charge in [0.2, 0.25) is 0 Å². The number of hydrogen-bond acceptors (Lipinski definition) is 3. The minimum absolute atomic E-state index is 0.744. The van der Waals surface area contributed by atoms with Crippen LogP contribution in [0.15, 0.2) is 6.07 Å². The smallest absolute Gasteiger partial charge is 0.0300 e. The maximum Gasteiger partial charge on any atom is 0.0300 e. The minimum atomic E-state index is 0.744. The lowest BCUT2D eigenvalue weighted by Gasteiger charge is -2.08. The third kappa shape index (κ3) is 4.38. The molecule has 2 nitrogen and oxygen atoms in total. The van der Waals surface area contributed by atoms with Gasteiger partial charge >= 0.3 is 0 Å². The van der Waals surface area contributed by atoms with E-state index in [0.717, 1.165) is 32.1 Å². The summed E-state index contributed by atoms with van der Waals surface area (Å²) in [4.78, 5) is 3.17. The molecule has 102 valence electrons. The zero-order valence-electron chi connectivity index (χ0n) is 11.7. The number of aryl methyl sites for hydroxylation is 2. The molecule has 1 aromatic heterocycles. The fourth-order valence-electron chi connectivity index (χ4n) is 2.42. The van der Waals surface area contributed by atoms with E-state index in [9.17, 15) is 0 Å². The van der Waals surface area contributed by atoms with Crippen LogP contribution in [0.25, 0.3) is 0 Å². The summed E-state index contributed by atoms with van der Waals surface area (Å²) in [7, 11) is 0. The maximum absolute atomic E-state index is 3.53. The molecule has 0 aromatic carbocycles. The highest BCUT2D eigenvalue weighted by atomic mass is 32.1. The van der Waals surface area contributed by atoms with E-state index in [4.69, 9.17) is 0 Å². The molecule has 0 bridgehead atoms. The SMILES string of the molecule is CC(C)CNCCNCc1cc2c(s1)CCCC2. The topological polar surface area (TPSA) is 24.1 Å². The summed E-state index contributed by atoms with van der Waals surface area (Å²) in [6.07, 6.45) is 5.40. The molecule has 0 spiro atoms. The van der Waals surface area contributed by atoms with Crippen molar-refractivity contribution in [3.05, 3.63) is 21.4 Å². The van der Waals surface area contributed by atoms with Crippen LogP contribution in [0.4, 0.5) is 0 Å². The summed E-state index contributed by atoms with van der Waals surface area (Å²) in [5.41, 5.74) is 1.63. The second-order valence-electron chi connectivity index (χ2n) is 5.64. The van der Waals surface area contributed by atoms with Crippen molar-refractivity contribution < 1.29 is 0 Å². The molecular weight excluding hydrogens is 240 g/mol. The Morgan fingerprint density at radius 2 is 1.94 bits per heavy atom. The van der Waals surface area contributed by atoms with Crippen molar-refractivity contribution >= 4 is 11.3 Å². The first-order valence-corrected chi connectivity index (χ1v) is 8.09. The van der Waals surface area contributed by atoms with Crippen LogP contribution in [-0.2, 0) is 19.4 Å². The molecule has 1 aliphatic carbocycles. The van der Waals surface area contributed by atoms with Gasteiger partial charge in [-0.3, -0.25) is 0 Å². The molecule has 1 aromatic rings. The van der Waals surface area contributed by atoms with E-state index in [1.165, 1.54) is 30.6 Å².